The number of fused-ring (bicyclic) bond motifs is 9. The highest BCUT2D eigenvalue weighted by Gasteiger charge is 2.24. The molecule has 0 aliphatic carbocycles. The molecule has 244 valence electrons. The third-order valence-electron chi connectivity index (χ3n) is 10.3. The van der Waals surface area contributed by atoms with Crippen molar-refractivity contribution in [3.63, 3.8) is 0 Å². The Labute approximate surface area is 303 Å². The summed E-state index contributed by atoms with van der Waals surface area (Å²) in [5.41, 5.74) is 11.3. The van der Waals surface area contributed by atoms with Crippen LogP contribution < -0.4 is 4.90 Å². The minimum atomic E-state index is 0.841. The molecule has 0 amide bonds. The molecule has 0 aliphatic rings. The van der Waals surface area contributed by atoms with E-state index in [2.05, 4.69) is 169 Å². The van der Waals surface area contributed by atoms with Crippen molar-refractivity contribution in [2.45, 2.75) is 0 Å². The summed E-state index contributed by atoms with van der Waals surface area (Å²) in [5, 5.41) is 6.89. The smallest absolute Gasteiger partial charge is 0.159 e. The molecule has 0 atom stereocenters. The number of para-hydroxylation sites is 2. The summed E-state index contributed by atoms with van der Waals surface area (Å²) in [5.74, 6) is 0. The fraction of sp³-hybridized carbons (Fsp3) is 0. The highest BCUT2D eigenvalue weighted by Crippen LogP contribution is 2.50. The van der Waals surface area contributed by atoms with Gasteiger partial charge < -0.3 is 13.7 Å². The van der Waals surface area contributed by atoms with Crippen molar-refractivity contribution in [2.75, 3.05) is 4.90 Å². The largest absolute Gasteiger partial charge is 0.456 e. The average molecular weight is 684 g/mol. The van der Waals surface area contributed by atoms with Crippen LogP contribution >= 0.6 is 11.3 Å². The lowest BCUT2D eigenvalue weighted by Crippen LogP contribution is -2.10. The van der Waals surface area contributed by atoms with Gasteiger partial charge in [-0.2, -0.15) is 0 Å². The fourth-order valence-corrected chi connectivity index (χ4v) is 9.30. The monoisotopic (exact) mass is 683 g/mol. The minimum absolute atomic E-state index is 0.841. The third-order valence-corrected chi connectivity index (χ3v) is 11.6. The molecular formula is C48H29NO2S. The molecule has 0 bridgehead atoms. The Morgan fingerprint density at radius 3 is 1.81 bits per heavy atom. The van der Waals surface area contributed by atoms with Crippen LogP contribution in [0.15, 0.2) is 185 Å². The molecular weight excluding hydrogens is 655 g/mol. The molecule has 3 aromatic heterocycles. The first kappa shape index (κ1) is 29.1. The number of hydrogen-bond acceptors (Lipinski definition) is 4. The number of benzene rings is 8. The molecule has 0 saturated heterocycles. The third kappa shape index (κ3) is 4.38. The Morgan fingerprint density at radius 2 is 0.981 bits per heavy atom. The Bertz CT molecular complexity index is 3120. The molecule has 0 N–H and O–H groups in total. The van der Waals surface area contributed by atoms with E-state index in [9.17, 15) is 0 Å². The lowest BCUT2D eigenvalue weighted by Gasteiger charge is -2.26. The van der Waals surface area contributed by atoms with E-state index < -0.39 is 0 Å². The number of furan rings is 2. The van der Waals surface area contributed by atoms with Crippen molar-refractivity contribution in [1.82, 2.24) is 0 Å². The topological polar surface area (TPSA) is 29.5 Å². The number of thiophene rings is 1. The maximum atomic E-state index is 6.89. The van der Waals surface area contributed by atoms with Gasteiger partial charge in [0.15, 0.2) is 5.58 Å². The van der Waals surface area contributed by atoms with Gasteiger partial charge in [0.1, 0.15) is 16.7 Å². The minimum Gasteiger partial charge on any atom is -0.456 e. The average Bonchev–Trinajstić information content (AvgIpc) is 3.90. The Kier molecular flexibility index (Phi) is 6.42. The molecule has 0 radical (unpaired) electrons. The SMILES string of the molecule is c1ccc(-c2cccc3c2sc2c(N(c4ccc5c(c4)oc4ccccc45)c4cccc5c4oc4cccc(-c6ccccc6)c45)cccc23)cc1. The molecule has 8 aromatic carbocycles. The molecule has 0 spiro atoms. The normalized spacial score (nSPS) is 11.8. The van der Waals surface area contributed by atoms with E-state index in [0.29, 0.717) is 0 Å². The second-order valence-corrected chi connectivity index (χ2v) is 14.2. The maximum Gasteiger partial charge on any atom is 0.159 e. The quantitative estimate of drug-likeness (QED) is 0.181. The van der Waals surface area contributed by atoms with E-state index >= 15 is 0 Å². The number of nitrogens with zero attached hydrogens (tertiary/aromatic N) is 1. The van der Waals surface area contributed by atoms with Crippen molar-refractivity contribution >= 4 is 92.4 Å². The van der Waals surface area contributed by atoms with Gasteiger partial charge >= 0.3 is 0 Å². The number of hydrogen-bond donors (Lipinski definition) is 0. The molecule has 3 nitrogen and oxygen atoms in total. The van der Waals surface area contributed by atoms with Crippen molar-refractivity contribution in [3.8, 4) is 22.3 Å². The fourth-order valence-electron chi connectivity index (χ4n) is 7.96. The van der Waals surface area contributed by atoms with Crippen LogP contribution in [0.3, 0.4) is 0 Å². The van der Waals surface area contributed by atoms with Gasteiger partial charge in [-0.25, -0.2) is 0 Å². The van der Waals surface area contributed by atoms with E-state index in [1.165, 1.54) is 31.3 Å². The predicted molar refractivity (Wildman–Crippen MR) is 219 cm³/mol. The first-order chi connectivity index (χ1) is 25.8. The molecule has 0 unspecified atom stereocenters. The highest BCUT2D eigenvalue weighted by molar-refractivity contribution is 7.27. The summed E-state index contributed by atoms with van der Waals surface area (Å²) in [4.78, 5) is 2.36. The van der Waals surface area contributed by atoms with Gasteiger partial charge in [-0.3, -0.25) is 0 Å². The lowest BCUT2D eigenvalue weighted by molar-refractivity contribution is 0.667. The Morgan fingerprint density at radius 1 is 0.385 bits per heavy atom. The zero-order valence-electron chi connectivity index (χ0n) is 27.9. The van der Waals surface area contributed by atoms with E-state index in [1.54, 1.807) is 0 Å². The van der Waals surface area contributed by atoms with Crippen LogP contribution in [-0.4, -0.2) is 0 Å². The molecule has 52 heavy (non-hydrogen) atoms. The van der Waals surface area contributed by atoms with Crippen LogP contribution in [0.25, 0.3) is 86.3 Å². The first-order valence-electron chi connectivity index (χ1n) is 17.5. The molecule has 3 heterocycles. The van der Waals surface area contributed by atoms with Gasteiger partial charge in [-0.05, 0) is 58.7 Å². The van der Waals surface area contributed by atoms with E-state index in [1.807, 2.05) is 23.5 Å². The molecule has 11 aromatic rings. The zero-order valence-corrected chi connectivity index (χ0v) is 28.7. The zero-order chi connectivity index (χ0) is 34.2. The first-order valence-corrected chi connectivity index (χ1v) is 18.3. The van der Waals surface area contributed by atoms with Crippen molar-refractivity contribution in [2.24, 2.45) is 0 Å². The summed E-state index contributed by atoms with van der Waals surface area (Å²) in [6.45, 7) is 0. The number of anilines is 3. The summed E-state index contributed by atoms with van der Waals surface area (Å²) in [6.07, 6.45) is 0. The molecule has 0 fully saturated rings. The Hall–Kier alpha value is -6.62. The number of rotatable bonds is 5. The summed E-state index contributed by atoms with van der Waals surface area (Å²) in [7, 11) is 0. The van der Waals surface area contributed by atoms with Gasteiger partial charge in [0.05, 0.1) is 21.8 Å². The van der Waals surface area contributed by atoms with Gasteiger partial charge in [0, 0.05) is 43.1 Å². The predicted octanol–water partition coefficient (Wildman–Crippen LogP) is 14.7. The second-order valence-electron chi connectivity index (χ2n) is 13.2. The van der Waals surface area contributed by atoms with Gasteiger partial charge in [-0.15, -0.1) is 11.3 Å². The summed E-state index contributed by atoms with van der Waals surface area (Å²) < 4.78 is 15.8. The van der Waals surface area contributed by atoms with Gasteiger partial charge in [0.2, 0.25) is 0 Å². The van der Waals surface area contributed by atoms with Crippen molar-refractivity contribution in [1.29, 1.82) is 0 Å². The van der Waals surface area contributed by atoms with Crippen molar-refractivity contribution in [3.05, 3.63) is 176 Å². The van der Waals surface area contributed by atoms with Crippen LogP contribution in [0.1, 0.15) is 0 Å². The van der Waals surface area contributed by atoms with Crippen LogP contribution in [-0.2, 0) is 0 Å². The second kappa shape index (κ2) is 11.5. The van der Waals surface area contributed by atoms with Crippen LogP contribution in [0.2, 0.25) is 0 Å². The van der Waals surface area contributed by atoms with E-state index in [-0.39, 0.29) is 0 Å². The maximum absolute atomic E-state index is 6.89. The molecule has 0 saturated carbocycles. The van der Waals surface area contributed by atoms with E-state index in [4.69, 9.17) is 8.83 Å². The Balaban J connectivity index is 1.21. The molecule has 4 heteroatoms. The standard InChI is InChI=1S/C48H29NO2S/c1-3-13-30(14-4-1)33-18-12-26-43-45(33)39-22-11-23-40(46(39)51-43)49(32-27-28-36-35-17-7-8-25-42(35)50-44(36)29-32)41-24-10-21-38-37-20-9-19-34(47(37)52-48(38)41)31-15-5-2-6-16-31/h1-29H. The van der Waals surface area contributed by atoms with E-state index in [0.717, 1.165) is 72.1 Å². The van der Waals surface area contributed by atoms with Gasteiger partial charge in [-0.1, -0.05) is 133 Å². The molecule has 0 aliphatic heterocycles. The van der Waals surface area contributed by atoms with Crippen LogP contribution in [0, 0.1) is 0 Å². The highest BCUT2D eigenvalue weighted by atomic mass is 32.1. The van der Waals surface area contributed by atoms with Crippen molar-refractivity contribution < 1.29 is 8.83 Å². The summed E-state index contributed by atoms with van der Waals surface area (Å²) in [6, 6.07) is 62.3. The van der Waals surface area contributed by atoms with Crippen LogP contribution in [0.4, 0.5) is 17.1 Å². The van der Waals surface area contributed by atoms with Gasteiger partial charge in [0.25, 0.3) is 0 Å². The summed E-state index contributed by atoms with van der Waals surface area (Å²) >= 11 is 1.85. The van der Waals surface area contributed by atoms with Crippen LogP contribution in [0.5, 0.6) is 0 Å². The molecule has 11 rings (SSSR count). The lowest BCUT2D eigenvalue weighted by atomic mass is 9.99.